The largest absolute Gasteiger partial charge is 0.483 e. The van der Waals surface area contributed by atoms with Gasteiger partial charge >= 0.3 is 0 Å². The van der Waals surface area contributed by atoms with Crippen molar-refractivity contribution in [3.05, 3.63) is 65.5 Å². The van der Waals surface area contributed by atoms with Crippen LogP contribution < -0.4 is 4.74 Å². The van der Waals surface area contributed by atoms with Gasteiger partial charge in [-0.3, -0.25) is 4.79 Å². The zero-order valence-electron chi connectivity index (χ0n) is 15.2. The average molecular weight is 363 g/mol. The van der Waals surface area contributed by atoms with E-state index in [-0.39, 0.29) is 12.5 Å². The number of ether oxygens (including phenoxy) is 1. The Morgan fingerprint density at radius 2 is 1.85 bits per heavy atom. The maximum absolute atomic E-state index is 12.7. The van der Waals surface area contributed by atoms with Crippen LogP contribution in [-0.2, 0) is 6.61 Å². The van der Waals surface area contributed by atoms with Crippen molar-refractivity contribution in [2.45, 2.75) is 26.4 Å². The lowest BCUT2D eigenvalue weighted by atomic mass is 10.1. The lowest BCUT2D eigenvalue weighted by Gasteiger charge is -2.17. The number of likely N-dealkylation sites (tertiary alicyclic amines) is 1. The predicted molar refractivity (Wildman–Crippen MR) is 100 cm³/mol. The van der Waals surface area contributed by atoms with Crippen LogP contribution in [0.4, 0.5) is 0 Å². The minimum Gasteiger partial charge on any atom is -0.483 e. The van der Waals surface area contributed by atoms with Gasteiger partial charge in [0.05, 0.1) is 5.56 Å². The SMILES string of the molecule is Cc1ccc(-c2noc(COc3ccccc3C(=O)N3CCCC3)n2)cc1. The summed E-state index contributed by atoms with van der Waals surface area (Å²) in [4.78, 5) is 18.9. The van der Waals surface area contributed by atoms with Gasteiger partial charge in [-0.25, -0.2) is 0 Å². The van der Waals surface area contributed by atoms with Gasteiger partial charge in [-0.15, -0.1) is 0 Å². The fraction of sp³-hybridized carbons (Fsp3) is 0.286. The summed E-state index contributed by atoms with van der Waals surface area (Å²) in [5, 5.41) is 4.01. The topological polar surface area (TPSA) is 68.5 Å². The highest BCUT2D eigenvalue weighted by Gasteiger charge is 2.22. The number of benzene rings is 2. The lowest BCUT2D eigenvalue weighted by molar-refractivity contribution is 0.0787. The highest BCUT2D eigenvalue weighted by molar-refractivity contribution is 5.97. The number of carbonyl (C=O) groups is 1. The fourth-order valence-corrected chi connectivity index (χ4v) is 3.13. The van der Waals surface area contributed by atoms with Crippen LogP contribution >= 0.6 is 0 Å². The van der Waals surface area contributed by atoms with Gasteiger partial charge in [-0.05, 0) is 31.9 Å². The number of rotatable bonds is 5. The van der Waals surface area contributed by atoms with E-state index in [1.165, 1.54) is 5.56 Å². The Morgan fingerprint density at radius 1 is 1.11 bits per heavy atom. The first-order chi connectivity index (χ1) is 13.2. The molecule has 6 nitrogen and oxygen atoms in total. The number of para-hydroxylation sites is 1. The molecule has 1 aliphatic heterocycles. The summed E-state index contributed by atoms with van der Waals surface area (Å²) in [6.45, 7) is 3.75. The van der Waals surface area contributed by atoms with Crippen molar-refractivity contribution in [2.24, 2.45) is 0 Å². The zero-order valence-corrected chi connectivity index (χ0v) is 15.2. The van der Waals surface area contributed by atoms with Crippen molar-refractivity contribution in [1.29, 1.82) is 0 Å². The summed E-state index contributed by atoms with van der Waals surface area (Å²) in [6.07, 6.45) is 2.11. The normalized spacial score (nSPS) is 13.7. The molecule has 0 atom stereocenters. The monoisotopic (exact) mass is 363 g/mol. The number of aromatic nitrogens is 2. The maximum atomic E-state index is 12.7. The fourth-order valence-electron chi connectivity index (χ4n) is 3.13. The highest BCUT2D eigenvalue weighted by Crippen LogP contribution is 2.23. The van der Waals surface area contributed by atoms with Crippen LogP contribution in [0.5, 0.6) is 5.75 Å². The van der Waals surface area contributed by atoms with Crippen LogP contribution in [-0.4, -0.2) is 34.0 Å². The molecule has 0 bridgehead atoms. The second-order valence-electron chi connectivity index (χ2n) is 6.66. The second-order valence-corrected chi connectivity index (χ2v) is 6.66. The van der Waals surface area contributed by atoms with E-state index >= 15 is 0 Å². The van der Waals surface area contributed by atoms with Crippen molar-refractivity contribution < 1.29 is 14.1 Å². The van der Waals surface area contributed by atoms with Gasteiger partial charge in [0.15, 0.2) is 6.61 Å². The number of aryl methyl sites for hydroxylation is 1. The molecule has 1 aliphatic rings. The average Bonchev–Trinajstić information content (AvgIpc) is 3.39. The second kappa shape index (κ2) is 7.61. The summed E-state index contributed by atoms with van der Waals surface area (Å²) in [6, 6.07) is 15.2. The summed E-state index contributed by atoms with van der Waals surface area (Å²) >= 11 is 0. The van der Waals surface area contributed by atoms with Crippen molar-refractivity contribution in [2.75, 3.05) is 13.1 Å². The number of hydrogen-bond donors (Lipinski definition) is 0. The summed E-state index contributed by atoms with van der Waals surface area (Å²) < 4.78 is 11.1. The van der Waals surface area contributed by atoms with E-state index in [4.69, 9.17) is 9.26 Å². The molecule has 0 unspecified atom stereocenters. The Kier molecular flexibility index (Phi) is 4.87. The highest BCUT2D eigenvalue weighted by atomic mass is 16.5. The van der Waals surface area contributed by atoms with Gasteiger partial charge < -0.3 is 14.2 Å². The van der Waals surface area contributed by atoms with Gasteiger partial charge in [0.1, 0.15) is 5.75 Å². The third-order valence-corrected chi connectivity index (χ3v) is 4.64. The Hall–Kier alpha value is -3.15. The number of amides is 1. The van der Waals surface area contributed by atoms with Crippen molar-refractivity contribution >= 4 is 5.91 Å². The van der Waals surface area contributed by atoms with E-state index in [9.17, 15) is 4.79 Å². The van der Waals surface area contributed by atoms with Gasteiger partial charge in [-0.1, -0.05) is 47.1 Å². The standard InChI is InChI=1S/C21H21N3O3/c1-15-8-10-16(11-9-15)20-22-19(27-23-20)14-26-18-7-3-2-6-17(18)21(25)24-12-4-5-13-24/h2-3,6-11H,4-5,12-14H2,1H3. The lowest BCUT2D eigenvalue weighted by Crippen LogP contribution is -2.28. The molecule has 4 rings (SSSR count). The van der Waals surface area contributed by atoms with Crippen LogP contribution in [0, 0.1) is 6.92 Å². The molecule has 6 heteroatoms. The molecule has 0 spiro atoms. The quantitative estimate of drug-likeness (QED) is 0.688. The van der Waals surface area contributed by atoms with Crippen LogP contribution in [0.25, 0.3) is 11.4 Å². The van der Waals surface area contributed by atoms with Crippen molar-refractivity contribution in [1.82, 2.24) is 15.0 Å². The first-order valence-electron chi connectivity index (χ1n) is 9.11. The van der Waals surface area contributed by atoms with E-state index in [1.807, 2.05) is 48.2 Å². The first-order valence-corrected chi connectivity index (χ1v) is 9.11. The molecular weight excluding hydrogens is 342 g/mol. The molecule has 2 heterocycles. The summed E-state index contributed by atoms with van der Waals surface area (Å²) in [7, 11) is 0. The molecule has 1 saturated heterocycles. The maximum Gasteiger partial charge on any atom is 0.264 e. The number of carbonyl (C=O) groups excluding carboxylic acids is 1. The molecule has 1 aromatic heterocycles. The minimum atomic E-state index is 0.00831. The van der Waals surface area contributed by atoms with E-state index in [0.29, 0.717) is 23.0 Å². The molecule has 27 heavy (non-hydrogen) atoms. The van der Waals surface area contributed by atoms with Gasteiger partial charge in [0.2, 0.25) is 5.82 Å². The molecule has 0 saturated carbocycles. The van der Waals surface area contributed by atoms with E-state index in [2.05, 4.69) is 10.1 Å². The molecule has 2 aromatic carbocycles. The molecule has 0 aliphatic carbocycles. The van der Waals surface area contributed by atoms with Crippen molar-refractivity contribution in [3.8, 4) is 17.1 Å². The first kappa shape index (κ1) is 17.3. The molecule has 0 N–H and O–H groups in total. The molecule has 0 radical (unpaired) electrons. The molecule has 1 fully saturated rings. The van der Waals surface area contributed by atoms with Crippen LogP contribution in [0.2, 0.25) is 0 Å². The van der Waals surface area contributed by atoms with E-state index in [1.54, 1.807) is 12.1 Å². The van der Waals surface area contributed by atoms with E-state index < -0.39 is 0 Å². The Bertz CT molecular complexity index is 928. The molecular formula is C21H21N3O3. The Labute approximate surface area is 157 Å². The van der Waals surface area contributed by atoms with E-state index in [0.717, 1.165) is 31.5 Å². The summed E-state index contributed by atoms with van der Waals surface area (Å²) in [5.41, 5.74) is 2.63. The molecule has 138 valence electrons. The Balaban J connectivity index is 1.46. The number of hydrogen-bond acceptors (Lipinski definition) is 5. The predicted octanol–water partition coefficient (Wildman–Crippen LogP) is 3.86. The van der Waals surface area contributed by atoms with Crippen LogP contribution in [0.3, 0.4) is 0 Å². The van der Waals surface area contributed by atoms with Gasteiger partial charge in [0.25, 0.3) is 11.8 Å². The molecule has 3 aromatic rings. The summed E-state index contributed by atoms with van der Waals surface area (Å²) in [5.74, 6) is 1.43. The van der Waals surface area contributed by atoms with Crippen LogP contribution in [0.15, 0.2) is 53.1 Å². The Morgan fingerprint density at radius 3 is 2.63 bits per heavy atom. The van der Waals surface area contributed by atoms with Crippen molar-refractivity contribution in [3.63, 3.8) is 0 Å². The third kappa shape index (κ3) is 3.84. The minimum absolute atomic E-state index is 0.00831. The zero-order chi connectivity index (χ0) is 18.6. The van der Waals surface area contributed by atoms with Gasteiger partial charge in [0, 0.05) is 18.7 Å². The van der Waals surface area contributed by atoms with Gasteiger partial charge in [-0.2, -0.15) is 4.98 Å². The third-order valence-electron chi connectivity index (χ3n) is 4.64. The number of nitrogens with zero attached hydrogens (tertiary/aromatic N) is 3. The smallest absolute Gasteiger partial charge is 0.264 e. The van der Waals surface area contributed by atoms with Crippen LogP contribution in [0.1, 0.15) is 34.7 Å². The molecule has 1 amide bonds.